The molecule has 8 heteroatoms. The van der Waals surface area contributed by atoms with Gasteiger partial charge in [0.15, 0.2) is 6.49 Å². The molecule has 1 saturated heterocycles. The summed E-state index contributed by atoms with van der Waals surface area (Å²) in [6.45, 7) is 0.570. The van der Waals surface area contributed by atoms with Crippen LogP contribution in [0.2, 0.25) is 0 Å². The Morgan fingerprint density at radius 2 is 2.07 bits per heavy atom. The Morgan fingerprint density at radius 3 is 2.50 bits per heavy atom. The SMILES string of the molecule is CN(C)P(=S)(N=[N+]=[N-])N1CCOCC1. The second-order valence-electron chi connectivity index (χ2n) is 3.11. The van der Waals surface area contributed by atoms with E-state index in [1.165, 1.54) is 0 Å². The lowest BCUT2D eigenvalue weighted by Crippen LogP contribution is -2.36. The van der Waals surface area contributed by atoms with Crippen molar-refractivity contribution in [3.05, 3.63) is 10.4 Å². The summed E-state index contributed by atoms with van der Waals surface area (Å²) in [6, 6.07) is 0. The molecular weight excluding hydrogens is 221 g/mol. The number of hydrogen-bond acceptors (Lipinski definition) is 2. The molecule has 1 aliphatic rings. The Hall–Kier alpha value is -0.160. The summed E-state index contributed by atoms with van der Waals surface area (Å²) in [4.78, 5) is 6.63. The zero-order valence-electron chi connectivity index (χ0n) is 8.33. The van der Waals surface area contributed by atoms with Crippen LogP contribution in [0.1, 0.15) is 0 Å². The van der Waals surface area contributed by atoms with E-state index < -0.39 is 6.49 Å². The number of ether oxygens (including phenoxy) is 1. The molecule has 1 heterocycles. The quantitative estimate of drug-likeness (QED) is 0.321. The summed E-state index contributed by atoms with van der Waals surface area (Å²) in [5.41, 5.74) is 8.52. The third-order valence-electron chi connectivity index (χ3n) is 2.03. The summed E-state index contributed by atoms with van der Waals surface area (Å²) < 4.78 is 9.12. The molecule has 0 radical (unpaired) electrons. The van der Waals surface area contributed by atoms with Crippen molar-refractivity contribution in [1.82, 2.24) is 9.34 Å². The van der Waals surface area contributed by atoms with Crippen LogP contribution in [0, 0.1) is 0 Å². The summed E-state index contributed by atoms with van der Waals surface area (Å²) >= 11 is 5.43. The first-order valence-electron chi connectivity index (χ1n) is 4.29. The van der Waals surface area contributed by atoms with Gasteiger partial charge >= 0.3 is 0 Å². The van der Waals surface area contributed by atoms with E-state index in [-0.39, 0.29) is 0 Å². The van der Waals surface area contributed by atoms with E-state index in [0.29, 0.717) is 13.2 Å². The van der Waals surface area contributed by atoms with Crippen molar-refractivity contribution in [1.29, 1.82) is 0 Å². The Kier molecular flexibility index (Phi) is 4.31. The van der Waals surface area contributed by atoms with Gasteiger partial charge in [-0.15, -0.1) is 0 Å². The first-order chi connectivity index (χ1) is 6.61. The lowest BCUT2D eigenvalue weighted by atomic mass is 10.5. The molecule has 0 aromatic carbocycles. The molecule has 0 bridgehead atoms. The number of nitrogens with zero attached hydrogens (tertiary/aromatic N) is 5. The highest BCUT2D eigenvalue weighted by Gasteiger charge is 2.28. The highest BCUT2D eigenvalue weighted by molar-refractivity contribution is 8.11. The van der Waals surface area contributed by atoms with E-state index in [4.69, 9.17) is 22.1 Å². The third-order valence-corrected chi connectivity index (χ3v) is 6.42. The van der Waals surface area contributed by atoms with Crippen LogP contribution in [0.15, 0.2) is 4.88 Å². The molecule has 6 nitrogen and oxygen atoms in total. The van der Waals surface area contributed by atoms with Crippen molar-refractivity contribution < 1.29 is 4.74 Å². The van der Waals surface area contributed by atoms with E-state index in [0.717, 1.165) is 13.1 Å². The molecule has 0 aromatic rings. The lowest BCUT2D eigenvalue weighted by molar-refractivity contribution is 0.0728. The predicted octanol–water partition coefficient (Wildman–Crippen LogP) is 1.41. The first-order valence-corrected chi connectivity index (χ1v) is 6.95. The number of hydrogen-bond donors (Lipinski definition) is 0. The minimum atomic E-state index is -2.24. The molecule has 0 saturated carbocycles. The fourth-order valence-corrected chi connectivity index (χ4v) is 3.41. The monoisotopic (exact) mass is 235 g/mol. The Labute approximate surface area is 88.6 Å². The predicted molar refractivity (Wildman–Crippen MR) is 59.5 cm³/mol. The van der Waals surface area contributed by atoms with Crippen molar-refractivity contribution in [2.75, 3.05) is 40.4 Å². The van der Waals surface area contributed by atoms with Crippen LogP contribution in [-0.4, -0.2) is 49.7 Å². The van der Waals surface area contributed by atoms with Gasteiger partial charge in [-0.1, -0.05) is 11.8 Å². The van der Waals surface area contributed by atoms with Gasteiger partial charge in [-0.25, -0.2) is 0 Å². The minimum absolute atomic E-state index is 0.660. The normalized spacial score (nSPS) is 22.8. The number of morpholine rings is 1. The van der Waals surface area contributed by atoms with Crippen molar-refractivity contribution in [2.24, 2.45) is 4.88 Å². The van der Waals surface area contributed by atoms with Crippen molar-refractivity contribution in [2.45, 2.75) is 0 Å². The maximum Gasteiger partial charge on any atom is 0.165 e. The second kappa shape index (κ2) is 5.07. The smallest absolute Gasteiger partial charge is 0.165 e. The fraction of sp³-hybridized carbons (Fsp3) is 1.00. The molecule has 0 aromatic heterocycles. The zero-order valence-corrected chi connectivity index (χ0v) is 10.0. The van der Waals surface area contributed by atoms with E-state index in [2.05, 4.69) is 9.80 Å². The van der Waals surface area contributed by atoms with Gasteiger partial charge in [0.25, 0.3) is 0 Å². The Balaban J connectivity index is 2.86. The van der Waals surface area contributed by atoms with Crippen molar-refractivity contribution >= 4 is 18.3 Å². The fourth-order valence-electron chi connectivity index (χ4n) is 1.26. The van der Waals surface area contributed by atoms with Gasteiger partial charge in [0.1, 0.15) is 0 Å². The summed E-state index contributed by atoms with van der Waals surface area (Å²) in [5, 5.41) is 0. The van der Waals surface area contributed by atoms with Crippen LogP contribution in [0.3, 0.4) is 0 Å². The van der Waals surface area contributed by atoms with E-state index in [9.17, 15) is 0 Å². The Bertz CT molecular complexity index is 284. The Morgan fingerprint density at radius 1 is 1.50 bits per heavy atom. The highest BCUT2D eigenvalue weighted by Crippen LogP contribution is 2.53. The zero-order chi connectivity index (χ0) is 10.6. The summed E-state index contributed by atoms with van der Waals surface area (Å²) in [5.74, 6) is 0. The van der Waals surface area contributed by atoms with Gasteiger partial charge < -0.3 is 4.74 Å². The molecule has 0 aliphatic carbocycles. The second-order valence-corrected chi connectivity index (χ2v) is 7.15. The topological polar surface area (TPSA) is 64.5 Å². The van der Waals surface area contributed by atoms with E-state index in [1.54, 1.807) is 0 Å². The molecule has 80 valence electrons. The van der Waals surface area contributed by atoms with Crippen LogP contribution in [-0.2, 0) is 16.5 Å². The molecule has 1 rings (SSSR count). The van der Waals surface area contributed by atoms with Crippen LogP contribution < -0.4 is 0 Å². The summed E-state index contributed by atoms with van der Waals surface area (Å²) in [7, 11) is 3.70. The summed E-state index contributed by atoms with van der Waals surface area (Å²) in [6.07, 6.45) is 0. The maximum absolute atomic E-state index is 8.52. The van der Waals surface area contributed by atoms with E-state index in [1.807, 2.05) is 23.4 Å². The van der Waals surface area contributed by atoms with Gasteiger partial charge in [0.05, 0.1) is 13.2 Å². The highest BCUT2D eigenvalue weighted by atomic mass is 32.4. The van der Waals surface area contributed by atoms with Crippen LogP contribution in [0.4, 0.5) is 0 Å². The largest absolute Gasteiger partial charge is 0.379 e. The average Bonchev–Trinajstić information content (AvgIpc) is 2.19. The molecule has 14 heavy (non-hydrogen) atoms. The molecule has 1 fully saturated rings. The maximum atomic E-state index is 8.52. The number of azide groups is 1. The molecule has 1 atom stereocenters. The van der Waals surface area contributed by atoms with Crippen LogP contribution in [0.25, 0.3) is 10.4 Å². The average molecular weight is 235 g/mol. The lowest BCUT2D eigenvalue weighted by Gasteiger charge is -2.37. The molecule has 0 amide bonds. The third kappa shape index (κ3) is 2.45. The van der Waals surface area contributed by atoms with E-state index >= 15 is 0 Å². The van der Waals surface area contributed by atoms with Gasteiger partial charge in [0, 0.05) is 18.0 Å². The van der Waals surface area contributed by atoms with Gasteiger partial charge in [0.2, 0.25) is 0 Å². The standard InChI is InChI=1S/C6H14N5OPS/c1-10(2)13(14,9-8-7)11-3-5-12-6-4-11/h3-6H2,1-2H3. The first kappa shape index (κ1) is 11.9. The van der Waals surface area contributed by atoms with Gasteiger partial charge in [-0.05, 0) is 24.5 Å². The van der Waals surface area contributed by atoms with Crippen LogP contribution in [0.5, 0.6) is 0 Å². The molecule has 1 aliphatic heterocycles. The van der Waals surface area contributed by atoms with Crippen LogP contribution >= 0.6 is 6.49 Å². The van der Waals surface area contributed by atoms with Gasteiger partial charge in [-0.3, -0.25) is 9.34 Å². The molecule has 0 N–H and O–H groups in total. The molecule has 1 unspecified atom stereocenters. The van der Waals surface area contributed by atoms with Crippen molar-refractivity contribution in [3.63, 3.8) is 0 Å². The van der Waals surface area contributed by atoms with Crippen molar-refractivity contribution in [3.8, 4) is 0 Å². The molecular formula is C6H14N5OPS. The number of rotatable bonds is 3. The van der Waals surface area contributed by atoms with Gasteiger partial charge in [-0.2, -0.15) is 0 Å². The molecule has 0 spiro atoms. The minimum Gasteiger partial charge on any atom is -0.379 e.